The van der Waals surface area contributed by atoms with E-state index in [9.17, 15) is 40.7 Å². The van der Waals surface area contributed by atoms with E-state index in [2.05, 4.69) is 5.32 Å². The second-order valence-electron chi connectivity index (χ2n) is 9.78. The minimum Gasteiger partial charge on any atom is -0.462 e. The maximum absolute atomic E-state index is 13.5. The van der Waals surface area contributed by atoms with Gasteiger partial charge in [0.2, 0.25) is 0 Å². The Bertz CT molecular complexity index is 1200. The lowest BCUT2D eigenvalue weighted by atomic mass is 9.98. The molecule has 1 atom stereocenters. The lowest BCUT2D eigenvalue weighted by Gasteiger charge is -2.38. The average Bonchev–Trinajstić information content (AvgIpc) is 2.97. The highest BCUT2D eigenvalue weighted by Gasteiger charge is 2.39. The predicted molar refractivity (Wildman–Crippen MR) is 141 cm³/mol. The van der Waals surface area contributed by atoms with E-state index in [4.69, 9.17) is 14.2 Å². The maximum atomic E-state index is 13.5. The summed E-state index contributed by atoms with van der Waals surface area (Å²) in [7, 11) is 0. The molecule has 0 bridgehead atoms. The predicted octanol–water partition coefficient (Wildman–Crippen LogP) is 4.65. The van der Waals surface area contributed by atoms with Gasteiger partial charge in [0.05, 0.1) is 29.8 Å². The van der Waals surface area contributed by atoms with Gasteiger partial charge in [-0.1, -0.05) is 30.3 Å². The molecule has 1 saturated heterocycles. The molecule has 0 aromatic heterocycles. The zero-order valence-corrected chi connectivity index (χ0v) is 23.3. The number of esters is 3. The van der Waals surface area contributed by atoms with E-state index < -0.39 is 53.0 Å². The van der Waals surface area contributed by atoms with Crippen molar-refractivity contribution in [2.24, 2.45) is 0 Å². The quantitative estimate of drug-likeness (QED) is 0.159. The lowest BCUT2D eigenvalue weighted by molar-refractivity contribution is -0.152. The topological polar surface area (TPSA) is 94.2 Å². The molecular formula is C29H32F6N2O6. The van der Waals surface area contributed by atoms with E-state index in [1.54, 1.807) is 37.3 Å². The number of nitrogens with zero attached hydrogens (tertiary/aromatic N) is 1. The van der Waals surface area contributed by atoms with Crippen LogP contribution in [0.15, 0.2) is 48.5 Å². The molecule has 8 nitrogen and oxygen atoms in total. The van der Waals surface area contributed by atoms with Crippen LogP contribution >= 0.6 is 0 Å². The van der Waals surface area contributed by atoms with E-state index >= 15 is 0 Å². The molecule has 1 N–H and O–H groups in total. The van der Waals surface area contributed by atoms with Gasteiger partial charge in [-0.3, -0.25) is 9.69 Å². The van der Waals surface area contributed by atoms with E-state index in [1.807, 2.05) is 0 Å². The number of alkyl halides is 6. The minimum absolute atomic E-state index is 0.0455. The van der Waals surface area contributed by atoms with Gasteiger partial charge in [0.15, 0.2) is 0 Å². The van der Waals surface area contributed by atoms with Crippen LogP contribution in [0.4, 0.5) is 26.3 Å². The summed E-state index contributed by atoms with van der Waals surface area (Å²) in [5.41, 5.74) is -3.95. The summed E-state index contributed by atoms with van der Waals surface area (Å²) in [6.07, 6.45) is -9.48. The van der Waals surface area contributed by atoms with Crippen LogP contribution in [-0.4, -0.2) is 74.3 Å². The zero-order valence-electron chi connectivity index (χ0n) is 23.3. The van der Waals surface area contributed by atoms with Crippen LogP contribution in [0.5, 0.6) is 0 Å². The molecular weight excluding hydrogens is 586 g/mol. The first-order valence-electron chi connectivity index (χ1n) is 13.6. The summed E-state index contributed by atoms with van der Waals surface area (Å²) < 4.78 is 95.4. The molecule has 1 fully saturated rings. The average molecular weight is 619 g/mol. The molecule has 1 unspecified atom stereocenters. The summed E-state index contributed by atoms with van der Waals surface area (Å²) >= 11 is 0. The second-order valence-corrected chi connectivity index (χ2v) is 9.78. The zero-order chi connectivity index (χ0) is 31.6. The first kappa shape index (κ1) is 34.0. The molecule has 2 aromatic rings. The SMILES string of the molecule is CCOCCOC(=O)CN(C1CCNCC1)C(Cc1ccccc1)C(=O)OC(=O)c1cc(C(F)(F)F)cc(C(F)(F)F)c1. The van der Waals surface area contributed by atoms with Crippen LogP contribution in [0.3, 0.4) is 0 Å². The highest BCUT2D eigenvalue weighted by Crippen LogP contribution is 2.36. The van der Waals surface area contributed by atoms with E-state index in [0.29, 0.717) is 38.1 Å². The fraction of sp³-hybridized carbons (Fsp3) is 0.483. The minimum atomic E-state index is -5.20. The molecule has 2 aromatic carbocycles. The molecule has 1 aliphatic rings. The Morgan fingerprint density at radius 2 is 1.53 bits per heavy atom. The van der Waals surface area contributed by atoms with Crippen LogP contribution in [0.1, 0.15) is 46.8 Å². The van der Waals surface area contributed by atoms with Gasteiger partial charge in [0, 0.05) is 12.6 Å². The Balaban J connectivity index is 1.94. The molecule has 1 aliphatic heterocycles. The number of carbonyl (C=O) groups is 3. The molecule has 0 amide bonds. The number of ether oxygens (including phenoxy) is 3. The first-order chi connectivity index (χ1) is 20.3. The monoisotopic (exact) mass is 618 g/mol. The van der Waals surface area contributed by atoms with Crippen LogP contribution in [0, 0.1) is 0 Å². The highest BCUT2D eigenvalue weighted by atomic mass is 19.4. The Labute approximate surface area is 244 Å². The fourth-order valence-electron chi connectivity index (χ4n) is 4.65. The van der Waals surface area contributed by atoms with Gasteiger partial charge in [-0.05, 0) is 63.0 Å². The van der Waals surface area contributed by atoms with Crippen LogP contribution in [-0.2, 0) is 42.6 Å². The Hall–Kier alpha value is -3.49. The van der Waals surface area contributed by atoms with Crippen molar-refractivity contribution >= 4 is 17.9 Å². The van der Waals surface area contributed by atoms with Crippen LogP contribution in [0.25, 0.3) is 0 Å². The van der Waals surface area contributed by atoms with Crippen molar-refractivity contribution in [2.75, 3.05) is 39.5 Å². The smallest absolute Gasteiger partial charge is 0.416 e. The van der Waals surface area contributed by atoms with Crippen molar-refractivity contribution in [1.29, 1.82) is 0 Å². The Morgan fingerprint density at radius 3 is 2.09 bits per heavy atom. The van der Waals surface area contributed by atoms with Gasteiger partial charge in [-0.25, -0.2) is 9.59 Å². The van der Waals surface area contributed by atoms with Crippen molar-refractivity contribution in [3.8, 4) is 0 Å². The third-order valence-corrected chi connectivity index (χ3v) is 6.75. The van der Waals surface area contributed by atoms with Gasteiger partial charge in [0.1, 0.15) is 12.6 Å². The number of piperidine rings is 1. The van der Waals surface area contributed by atoms with Crippen molar-refractivity contribution in [3.05, 3.63) is 70.8 Å². The van der Waals surface area contributed by atoms with Crippen molar-refractivity contribution in [2.45, 2.75) is 50.6 Å². The molecule has 1 heterocycles. The summed E-state index contributed by atoms with van der Waals surface area (Å²) in [6.45, 7) is 3.00. The number of nitrogens with one attached hydrogen (secondary N) is 1. The molecule has 43 heavy (non-hydrogen) atoms. The number of hydrogen-bond donors (Lipinski definition) is 1. The maximum Gasteiger partial charge on any atom is 0.416 e. The molecule has 0 radical (unpaired) electrons. The van der Waals surface area contributed by atoms with Gasteiger partial charge in [0.25, 0.3) is 0 Å². The number of halogens is 6. The molecule has 0 saturated carbocycles. The van der Waals surface area contributed by atoms with Gasteiger partial charge < -0.3 is 19.5 Å². The third kappa shape index (κ3) is 10.3. The largest absolute Gasteiger partial charge is 0.462 e. The van der Waals surface area contributed by atoms with Gasteiger partial charge >= 0.3 is 30.3 Å². The first-order valence-corrected chi connectivity index (χ1v) is 13.6. The van der Waals surface area contributed by atoms with Gasteiger partial charge in [-0.2, -0.15) is 26.3 Å². The lowest BCUT2D eigenvalue weighted by Crippen LogP contribution is -2.54. The standard InChI is InChI=1S/C29H32F6N2O6/c1-2-41-12-13-42-25(38)18-37(23-8-10-36-11-9-23)24(14-19-6-4-3-5-7-19)27(40)43-26(39)20-15-21(28(30,31)32)17-22(16-20)29(33,34)35/h3-7,15-17,23-24,36H,2,8-14,18H2,1H3. The summed E-state index contributed by atoms with van der Waals surface area (Å²) in [6, 6.07) is 7.08. The molecule has 0 spiro atoms. The van der Waals surface area contributed by atoms with Crippen LogP contribution < -0.4 is 5.32 Å². The molecule has 236 valence electrons. The highest BCUT2D eigenvalue weighted by molar-refractivity contribution is 5.98. The van der Waals surface area contributed by atoms with Crippen LogP contribution in [0.2, 0.25) is 0 Å². The summed E-state index contributed by atoms with van der Waals surface area (Å²) in [5.74, 6) is -3.62. The molecule has 3 rings (SSSR count). The summed E-state index contributed by atoms with van der Waals surface area (Å²) in [5, 5.41) is 3.16. The normalized spacial score (nSPS) is 15.3. The third-order valence-electron chi connectivity index (χ3n) is 6.75. The van der Waals surface area contributed by atoms with Crippen molar-refractivity contribution in [1.82, 2.24) is 10.2 Å². The fourth-order valence-corrected chi connectivity index (χ4v) is 4.65. The Kier molecular flexibility index (Phi) is 12.1. The number of carbonyl (C=O) groups excluding carboxylic acids is 3. The summed E-state index contributed by atoms with van der Waals surface area (Å²) in [4.78, 5) is 40.7. The number of rotatable bonds is 12. The van der Waals surface area contributed by atoms with Crippen molar-refractivity contribution in [3.63, 3.8) is 0 Å². The van der Waals surface area contributed by atoms with E-state index in [1.165, 1.54) is 4.90 Å². The van der Waals surface area contributed by atoms with E-state index in [-0.39, 0.29) is 50.4 Å². The number of benzene rings is 2. The van der Waals surface area contributed by atoms with Gasteiger partial charge in [-0.15, -0.1) is 0 Å². The van der Waals surface area contributed by atoms with Crippen molar-refractivity contribution < 1.29 is 54.9 Å². The molecule has 14 heteroatoms. The number of hydrogen-bond acceptors (Lipinski definition) is 8. The Morgan fingerprint density at radius 1 is 0.930 bits per heavy atom. The van der Waals surface area contributed by atoms with E-state index in [0.717, 1.165) is 0 Å². The molecule has 0 aliphatic carbocycles. The second kappa shape index (κ2) is 15.3.